The Morgan fingerprint density at radius 3 is 2.22 bits per heavy atom. The summed E-state index contributed by atoms with van der Waals surface area (Å²) in [5.41, 5.74) is 1.09. The Kier molecular flexibility index (Phi) is 5.50. The Balaban J connectivity index is 1.78. The van der Waals surface area contributed by atoms with E-state index in [1.54, 1.807) is 24.3 Å². The first kappa shape index (κ1) is 19.3. The third kappa shape index (κ3) is 4.65. The number of hydrogen-bond donors (Lipinski definition) is 3. The van der Waals surface area contributed by atoms with Gasteiger partial charge in [0, 0.05) is 29.9 Å². The summed E-state index contributed by atoms with van der Waals surface area (Å²) in [6, 6.07) is 10.3. The van der Waals surface area contributed by atoms with Crippen LogP contribution in [-0.2, 0) is 10.0 Å². The fraction of sp³-hybridized carbons (Fsp3) is 0.222. The molecule has 1 aliphatic carbocycles. The van der Waals surface area contributed by atoms with E-state index in [0.717, 1.165) is 12.8 Å². The molecule has 2 aromatic rings. The van der Waals surface area contributed by atoms with Gasteiger partial charge in [0.2, 0.25) is 10.0 Å². The Hall–Kier alpha value is -2.42. The number of benzene rings is 2. The summed E-state index contributed by atoms with van der Waals surface area (Å²) in [6.45, 7) is 0. The minimum atomic E-state index is -3.78. The van der Waals surface area contributed by atoms with Crippen LogP contribution in [0.25, 0.3) is 0 Å². The van der Waals surface area contributed by atoms with Gasteiger partial charge in [-0.3, -0.25) is 9.59 Å². The molecule has 2 aromatic carbocycles. The van der Waals surface area contributed by atoms with Crippen molar-refractivity contribution in [3.63, 3.8) is 0 Å². The van der Waals surface area contributed by atoms with Gasteiger partial charge < -0.3 is 10.6 Å². The van der Waals surface area contributed by atoms with Crippen molar-refractivity contribution in [1.82, 2.24) is 10.0 Å². The molecule has 1 aliphatic rings. The lowest BCUT2D eigenvalue weighted by Crippen LogP contribution is -2.26. The summed E-state index contributed by atoms with van der Waals surface area (Å²) in [5.74, 6) is -0.717. The van der Waals surface area contributed by atoms with Gasteiger partial charge in [-0.1, -0.05) is 11.6 Å². The zero-order chi connectivity index (χ0) is 19.6. The predicted molar refractivity (Wildman–Crippen MR) is 103 cm³/mol. The average Bonchev–Trinajstić information content (AvgIpc) is 3.45. The van der Waals surface area contributed by atoms with Crippen LogP contribution in [0.1, 0.15) is 33.6 Å². The molecule has 3 rings (SSSR count). The highest BCUT2D eigenvalue weighted by Crippen LogP contribution is 2.27. The molecule has 0 saturated heterocycles. The van der Waals surface area contributed by atoms with Gasteiger partial charge in [0.1, 0.15) is 4.90 Å². The van der Waals surface area contributed by atoms with E-state index in [4.69, 9.17) is 11.6 Å². The van der Waals surface area contributed by atoms with Gasteiger partial charge in [0.15, 0.2) is 0 Å². The van der Waals surface area contributed by atoms with Gasteiger partial charge in [-0.2, -0.15) is 0 Å². The highest BCUT2D eigenvalue weighted by atomic mass is 35.5. The van der Waals surface area contributed by atoms with Crippen molar-refractivity contribution in [2.75, 3.05) is 12.4 Å². The van der Waals surface area contributed by atoms with Crippen molar-refractivity contribution in [1.29, 1.82) is 0 Å². The molecule has 0 atom stereocenters. The second kappa shape index (κ2) is 7.67. The molecular formula is C18H18ClN3O4S. The third-order valence-corrected chi connectivity index (χ3v) is 6.02. The highest BCUT2D eigenvalue weighted by Gasteiger charge is 2.29. The lowest BCUT2D eigenvalue weighted by atomic mass is 10.1. The highest BCUT2D eigenvalue weighted by molar-refractivity contribution is 7.89. The van der Waals surface area contributed by atoms with E-state index >= 15 is 0 Å². The molecule has 1 fully saturated rings. The van der Waals surface area contributed by atoms with E-state index in [2.05, 4.69) is 15.4 Å². The normalized spacial score (nSPS) is 13.9. The van der Waals surface area contributed by atoms with E-state index < -0.39 is 15.9 Å². The van der Waals surface area contributed by atoms with Crippen molar-refractivity contribution >= 4 is 39.1 Å². The lowest BCUT2D eigenvalue weighted by molar-refractivity contribution is 0.0962. The number of sulfonamides is 1. The molecule has 3 N–H and O–H groups in total. The van der Waals surface area contributed by atoms with Crippen LogP contribution in [0.2, 0.25) is 5.02 Å². The third-order valence-electron chi connectivity index (χ3n) is 4.01. The molecule has 0 aromatic heterocycles. The number of carbonyl (C=O) groups excluding carboxylic acids is 2. The van der Waals surface area contributed by atoms with E-state index in [1.165, 1.54) is 25.2 Å². The van der Waals surface area contributed by atoms with Crippen LogP contribution < -0.4 is 15.4 Å². The van der Waals surface area contributed by atoms with Crippen molar-refractivity contribution in [3.8, 4) is 0 Å². The Bertz CT molecular complexity index is 986. The minimum absolute atomic E-state index is 0.0506. The lowest BCUT2D eigenvalue weighted by Gasteiger charge is -2.10. The van der Waals surface area contributed by atoms with Crippen LogP contribution in [0.5, 0.6) is 0 Å². The smallest absolute Gasteiger partial charge is 0.255 e. The summed E-state index contributed by atoms with van der Waals surface area (Å²) in [4.78, 5) is 23.9. The molecule has 1 saturated carbocycles. The molecule has 0 spiro atoms. The van der Waals surface area contributed by atoms with Gasteiger partial charge in [0.25, 0.3) is 11.8 Å². The molecule has 9 heteroatoms. The minimum Gasteiger partial charge on any atom is -0.355 e. The summed E-state index contributed by atoms with van der Waals surface area (Å²) in [6.07, 6.45) is 1.59. The van der Waals surface area contributed by atoms with E-state index in [9.17, 15) is 18.0 Å². The van der Waals surface area contributed by atoms with Crippen LogP contribution in [0.15, 0.2) is 47.4 Å². The van der Waals surface area contributed by atoms with Crippen LogP contribution in [-0.4, -0.2) is 33.3 Å². The largest absolute Gasteiger partial charge is 0.355 e. The molecule has 7 nitrogen and oxygen atoms in total. The van der Waals surface area contributed by atoms with E-state index in [0.29, 0.717) is 11.3 Å². The van der Waals surface area contributed by atoms with E-state index in [1.807, 2.05) is 0 Å². The van der Waals surface area contributed by atoms with Crippen LogP contribution >= 0.6 is 11.6 Å². The van der Waals surface area contributed by atoms with Gasteiger partial charge >= 0.3 is 0 Å². The first-order chi connectivity index (χ1) is 12.8. The first-order valence-electron chi connectivity index (χ1n) is 8.25. The Morgan fingerprint density at radius 2 is 1.63 bits per heavy atom. The van der Waals surface area contributed by atoms with Crippen molar-refractivity contribution in [3.05, 3.63) is 58.6 Å². The number of amides is 2. The van der Waals surface area contributed by atoms with Crippen LogP contribution in [0.3, 0.4) is 0 Å². The summed E-state index contributed by atoms with van der Waals surface area (Å²) < 4.78 is 27.3. The maximum atomic E-state index is 12.5. The second-order valence-electron chi connectivity index (χ2n) is 6.15. The van der Waals surface area contributed by atoms with Crippen molar-refractivity contribution in [2.24, 2.45) is 0 Å². The Morgan fingerprint density at radius 1 is 1.00 bits per heavy atom. The van der Waals surface area contributed by atoms with Gasteiger partial charge in [-0.15, -0.1) is 0 Å². The van der Waals surface area contributed by atoms with Crippen LogP contribution in [0.4, 0.5) is 5.69 Å². The molecule has 0 aliphatic heterocycles. The standard InChI is InChI=1S/C18H18ClN3O4S/c1-20-17(23)11-2-5-13(6-3-11)21-18(24)12-4-9-15(19)16(10-12)27(25,26)22-14-7-8-14/h2-6,9-10,14,22H,7-8H2,1H3,(H,20,23)(H,21,24). The Labute approximate surface area is 162 Å². The number of nitrogens with one attached hydrogen (secondary N) is 3. The molecule has 2 amide bonds. The monoisotopic (exact) mass is 407 g/mol. The molecule has 0 unspecified atom stereocenters. The zero-order valence-electron chi connectivity index (χ0n) is 14.5. The number of halogens is 1. The van der Waals surface area contributed by atoms with Gasteiger partial charge in [-0.05, 0) is 55.3 Å². The zero-order valence-corrected chi connectivity index (χ0v) is 16.0. The quantitative estimate of drug-likeness (QED) is 0.683. The number of rotatable bonds is 6. The van der Waals surface area contributed by atoms with Gasteiger partial charge in [0.05, 0.1) is 5.02 Å². The SMILES string of the molecule is CNC(=O)c1ccc(NC(=O)c2ccc(Cl)c(S(=O)(=O)NC3CC3)c2)cc1. The number of carbonyl (C=O) groups is 2. The predicted octanol–water partition coefficient (Wildman–Crippen LogP) is 2.39. The van der Waals surface area contributed by atoms with Crippen molar-refractivity contribution in [2.45, 2.75) is 23.8 Å². The average molecular weight is 408 g/mol. The second-order valence-corrected chi connectivity index (χ2v) is 8.24. The molecule has 0 radical (unpaired) electrons. The van der Waals surface area contributed by atoms with Crippen molar-refractivity contribution < 1.29 is 18.0 Å². The summed E-state index contributed by atoms with van der Waals surface area (Å²) in [7, 11) is -2.25. The van der Waals surface area contributed by atoms with Crippen LogP contribution in [0, 0.1) is 0 Å². The topological polar surface area (TPSA) is 104 Å². The fourth-order valence-electron chi connectivity index (χ4n) is 2.39. The number of hydrogen-bond acceptors (Lipinski definition) is 4. The summed E-state index contributed by atoms with van der Waals surface area (Å²) >= 11 is 6.02. The molecule has 0 bridgehead atoms. The maximum Gasteiger partial charge on any atom is 0.255 e. The van der Waals surface area contributed by atoms with E-state index in [-0.39, 0.29) is 27.4 Å². The fourth-order valence-corrected chi connectivity index (χ4v) is 4.22. The molecular weight excluding hydrogens is 390 g/mol. The molecule has 0 heterocycles. The first-order valence-corrected chi connectivity index (χ1v) is 10.1. The number of anilines is 1. The van der Waals surface area contributed by atoms with Gasteiger partial charge in [-0.25, -0.2) is 13.1 Å². The molecule has 27 heavy (non-hydrogen) atoms. The summed E-state index contributed by atoms with van der Waals surface area (Å²) in [5, 5.41) is 5.22. The maximum absolute atomic E-state index is 12.5. The molecule has 142 valence electrons.